The fourth-order valence-corrected chi connectivity index (χ4v) is 5.07. The zero-order valence-corrected chi connectivity index (χ0v) is 20.7. The first kappa shape index (κ1) is 23.5. The van der Waals surface area contributed by atoms with Crippen molar-refractivity contribution >= 4 is 29.1 Å². The van der Waals surface area contributed by atoms with Crippen molar-refractivity contribution in [3.63, 3.8) is 0 Å². The maximum atomic E-state index is 9.98. The Labute approximate surface area is 209 Å². The molecule has 0 aliphatic carbocycles. The van der Waals surface area contributed by atoms with Crippen molar-refractivity contribution in [2.45, 2.75) is 31.7 Å². The van der Waals surface area contributed by atoms with E-state index in [0.29, 0.717) is 34.8 Å². The number of piperidine rings is 1. The molecule has 5 rings (SSSR count). The fraction of sp³-hybridized carbons (Fsp3) is 0.440. The van der Waals surface area contributed by atoms with Gasteiger partial charge in [-0.1, -0.05) is 18.5 Å². The predicted molar refractivity (Wildman–Crippen MR) is 136 cm³/mol. The Bertz CT molecular complexity index is 1280. The maximum absolute atomic E-state index is 9.98. The summed E-state index contributed by atoms with van der Waals surface area (Å²) in [5.74, 6) is 1.71. The molecule has 0 spiro atoms. The highest BCUT2D eigenvalue weighted by Gasteiger charge is 2.36. The zero-order valence-electron chi connectivity index (χ0n) is 19.9. The van der Waals surface area contributed by atoms with Crippen molar-refractivity contribution in [1.82, 2.24) is 24.6 Å². The number of rotatable bonds is 6. The van der Waals surface area contributed by atoms with Crippen LogP contribution >= 0.6 is 11.6 Å². The second-order valence-electron chi connectivity index (χ2n) is 9.80. The Morgan fingerprint density at radius 2 is 2.11 bits per heavy atom. The van der Waals surface area contributed by atoms with Gasteiger partial charge in [0.1, 0.15) is 11.9 Å². The molecule has 10 heteroatoms. The average molecular weight is 493 g/mol. The van der Waals surface area contributed by atoms with Crippen molar-refractivity contribution in [3.05, 3.63) is 46.7 Å². The number of hydrogen-bond acceptors (Lipinski definition) is 8. The van der Waals surface area contributed by atoms with Crippen LogP contribution in [-0.4, -0.2) is 63.0 Å². The molecule has 0 radical (unpaired) electrons. The predicted octanol–water partition coefficient (Wildman–Crippen LogP) is 3.63. The summed E-state index contributed by atoms with van der Waals surface area (Å²) in [4.78, 5) is 11.5. The van der Waals surface area contributed by atoms with Gasteiger partial charge in [-0.15, -0.1) is 0 Å². The number of nitrogens with zero attached hydrogens (tertiary/aromatic N) is 6. The largest absolute Gasteiger partial charge is 0.395 e. The van der Waals surface area contributed by atoms with Gasteiger partial charge in [0.15, 0.2) is 5.15 Å². The number of aromatic nitrogens is 4. The third kappa shape index (κ3) is 4.69. The van der Waals surface area contributed by atoms with Crippen LogP contribution in [0, 0.1) is 17.2 Å². The summed E-state index contributed by atoms with van der Waals surface area (Å²) < 4.78 is 1.90. The highest BCUT2D eigenvalue weighted by Crippen LogP contribution is 2.41. The summed E-state index contributed by atoms with van der Waals surface area (Å²) in [6.07, 6.45) is 3.94. The van der Waals surface area contributed by atoms with Gasteiger partial charge in [-0.2, -0.15) is 10.4 Å². The Morgan fingerprint density at radius 1 is 1.31 bits per heavy atom. The van der Waals surface area contributed by atoms with Crippen LogP contribution in [0.15, 0.2) is 30.5 Å². The normalized spacial score (nSPS) is 20.3. The summed E-state index contributed by atoms with van der Waals surface area (Å²) in [5, 5.41) is 31.2. The molecule has 1 fully saturated rings. The van der Waals surface area contributed by atoms with Crippen molar-refractivity contribution in [2.24, 2.45) is 5.92 Å². The quantitative estimate of drug-likeness (QED) is 0.478. The maximum Gasteiger partial charge on any atom is 0.228 e. The topological polar surface area (TPSA) is 115 Å². The van der Waals surface area contributed by atoms with E-state index in [1.165, 1.54) is 0 Å². The minimum atomic E-state index is -0.456. The molecule has 0 unspecified atom stereocenters. The third-order valence-corrected chi connectivity index (χ3v) is 7.31. The number of fused-ring (bicyclic) bond motifs is 1. The van der Waals surface area contributed by atoms with E-state index in [0.717, 1.165) is 55.1 Å². The number of likely N-dealkylation sites (tertiary alicyclic amines) is 1. The van der Waals surface area contributed by atoms with Crippen LogP contribution in [0.2, 0.25) is 5.15 Å². The second kappa shape index (κ2) is 9.46. The van der Waals surface area contributed by atoms with Gasteiger partial charge in [0.2, 0.25) is 5.95 Å². The molecular weight excluding hydrogens is 464 g/mol. The van der Waals surface area contributed by atoms with Crippen LogP contribution in [0.3, 0.4) is 0 Å². The highest BCUT2D eigenvalue weighted by molar-refractivity contribution is 6.29. The van der Waals surface area contributed by atoms with E-state index in [9.17, 15) is 10.4 Å². The van der Waals surface area contributed by atoms with E-state index in [1.807, 2.05) is 29.8 Å². The number of aliphatic hydroxyl groups is 1. The molecule has 35 heavy (non-hydrogen) atoms. The Hall–Kier alpha value is -3.19. The summed E-state index contributed by atoms with van der Waals surface area (Å²) >= 11 is 6.25. The first-order valence-corrected chi connectivity index (χ1v) is 12.2. The number of nitrogens with one attached hydrogen (secondary N) is 2. The molecule has 2 aromatic heterocycles. The molecule has 0 bridgehead atoms. The summed E-state index contributed by atoms with van der Waals surface area (Å²) in [6.45, 7) is 5.51. The van der Waals surface area contributed by atoms with Gasteiger partial charge in [-0.05, 0) is 62.7 Å². The van der Waals surface area contributed by atoms with Gasteiger partial charge < -0.3 is 20.6 Å². The summed E-state index contributed by atoms with van der Waals surface area (Å²) in [6, 6.07) is 9.70. The number of halogens is 1. The number of benzene rings is 1. The van der Waals surface area contributed by atoms with Gasteiger partial charge >= 0.3 is 0 Å². The van der Waals surface area contributed by atoms with E-state index < -0.39 is 5.41 Å². The molecule has 2 aliphatic rings. The van der Waals surface area contributed by atoms with E-state index in [-0.39, 0.29) is 6.61 Å². The van der Waals surface area contributed by atoms with Gasteiger partial charge in [0.05, 0.1) is 23.6 Å². The molecule has 2 aliphatic heterocycles. The third-order valence-electron chi connectivity index (χ3n) is 7.12. The van der Waals surface area contributed by atoms with Crippen molar-refractivity contribution in [3.8, 4) is 17.3 Å². The zero-order chi connectivity index (χ0) is 24.6. The van der Waals surface area contributed by atoms with Gasteiger partial charge in [-0.25, -0.2) is 14.6 Å². The molecule has 0 amide bonds. The lowest BCUT2D eigenvalue weighted by Crippen LogP contribution is -2.32. The van der Waals surface area contributed by atoms with Crippen molar-refractivity contribution < 1.29 is 5.11 Å². The first-order valence-electron chi connectivity index (χ1n) is 11.8. The lowest BCUT2D eigenvalue weighted by molar-refractivity contribution is 0.202. The van der Waals surface area contributed by atoms with Crippen LogP contribution in [0.4, 0.5) is 17.5 Å². The van der Waals surface area contributed by atoms with E-state index >= 15 is 0 Å². The molecule has 1 saturated heterocycles. The molecule has 4 heterocycles. The van der Waals surface area contributed by atoms with Crippen LogP contribution in [0.25, 0.3) is 11.3 Å². The molecule has 3 aromatic rings. The Balaban J connectivity index is 1.42. The highest BCUT2D eigenvalue weighted by atomic mass is 35.5. The molecule has 182 valence electrons. The minimum Gasteiger partial charge on any atom is -0.395 e. The van der Waals surface area contributed by atoms with Crippen molar-refractivity contribution in [1.29, 1.82) is 5.26 Å². The van der Waals surface area contributed by atoms with Gasteiger partial charge in [0.25, 0.3) is 0 Å². The molecule has 0 saturated carbocycles. The smallest absolute Gasteiger partial charge is 0.228 e. The Kier molecular flexibility index (Phi) is 6.36. The standard InChI is InChI=1S/C25H29ClN8O/c1-25(15-35)14-29-23-18(12-27)9-17(10-19(23)25)20-3-6-28-24(30-20)31-22-11-21(26)32-34(22)13-16-4-7-33(2)8-5-16/h3,6,9-11,16,29,35H,4-5,7-8,13-15H2,1-2H3,(H,28,30,31)/t25-/m1/s1. The number of anilines is 3. The second-order valence-corrected chi connectivity index (χ2v) is 10.2. The SMILES string of the molecule is CN1CCC(Cn2nc(Cl)cc2Nc2nccc(-c3cc(C#N)c4c(c3)[C@@](C)(CO)CN4)n2)CC1. The van der Waals surface area contributed by atoms with Gasteiger partial charge in [-0.3, -0.25) is 0 Å². The number of aliphatic hydroxyl groups excluding tert-OH is 1. The number of hydrogen-bond donors (Lipinski definition) is 3. The lowest BCUT2D eigenvalue weighted by Gasteiger charge is -2.29. The van der Waals surface area contributed by atoms with E-state index in [1.54, 1.807) is 12.3 Å². The average Bonchev–Trinajstić information content (AvgIpc) is 3.39. The van der Waals surface area contributed by atoms with Gasteiger partial charge in [0, 0.05) is 36.3 Å². The Morgan fingerprint density at radius 3 is 2.86 bits per heavy atom. The summed E-state index contributed by atoms with van der Waals surface area (Å²) in [5.41, 5.74) is 3.26. The number of nitriles is 1. The summed E-state index contributed by atoms with van der Waals surface area (Å²) in [7, 11) is 2.15. The lowest BCUT2D eigenvalue weighted by atomic mass is 9.83. The van der Waals surface area contributed by atoms with Crippen LogP contribution < -0.4 is 10.6 Å². The molecule has 9 nitrogen and oxygen atoms in total. The monoisotopic (exact) mass is 492 g/mol. The van der Waals surface area contributed by atoms with Crippen LogP contribution in [0.1, 0.15) is 30.9 Å². The van der Waals surface area contributed by atoms with E-state index in [2.05, 4.69) is 38.7 Å². The minimum absolute atomic E-state index is 0.0140. The van der Waals surface area contributed by atoms with Crippen molar-refractivity contribution in [2.75, 3.05) is 43.9 Å². The molecular formula is C25H29ClN8O. The molecule has 1 aromatic carbocycles. The first-order chi connectivity index (χ1) is 16.9. The van der Waals surface area contributed by atoms with Crippen LogP contribution in [-0.2, 0) is 12.0 Å². The molecule has 3 N–H and O–H groups in total. The fourth-order valence-electron chi connectivity index (χ4n) is 4.87. The van der Waals surface area contributed by atoms with E-state index in [4.69, 9.17) is 16.6 Å². The van der Waals surface area contributed by atoms with Crippen LogP contribution in [0.5, 0.6) is 0 Å². The molecule has 1 atom stereocenters.